The van der Waals surface area contributed by atoms with E-state index in [1.165, 1.54) is 87.0 Å². The van der Waals surface area contributed by atoms with Gasteiger partial charge in [0.1, 0.15) is 0 Å². The van der Waals surface area contributed by atoms with Crippen LogP contribution in [0.4, 0.5) is 17.1 Å². The van der Waals surface area contributed by atoms with Crippen LogP contribution in [0.25, 0.3) is 58.8 Å². The van der Waals surface area contributed by atoms with Crippen LogP contribution in [-0.4, -0.2) is 4.57 Å². The van der Waals surface area contributed by atoms with Crippen molar-refractivity contribution in [3.8, 4) is 16.8 Å². The van der Waals surface area contributed by atoms with Crippen molar-refractivity contribution in [1.82, 2.24) is 4.57 Å². The smallest absolute Gasteiger partial charge is 0.0783 e. The molecule has 198 valence electrons. The second-order valence-corrected chi connectivity index (χ2v) is 13.2. The average molecular weight is 555 g/mol. The molecule has 6 aromatic carbocycles. The van der Waals surface area contributed by atoms with Gasteiger partial charge >= 0.3 is 0 Å². The molecule has 2 aliphatic rings. The minimum atomic E-state index is -0.0507. The molecule has 0 atom stereocenters. The number of rotatable bonds is 1. The van der Waals surface area contributed by atoms with E-state index in [-0.39, 0.29) is 5.41 Å². The summed E-state index contributed by atoms with van der Waals surface area (Å²) >= 11 is 1.91. The highest BCUT2D eigenvalue weighted by Crippen LogP contribution is 2.54. The third-order valence-electron chi connectivity index (χ3n) is 9.70. The van der Waals surface area contributed by atoms with Crippen molar-refractivity contribution >= 4 is 70.4 Å². The Hall–Kier alpha value is -4.86. The number of anilines is 3. The van der Waals surface area contributed by atoms with Gasteiger partial charge in [0.25, 0.3) is 0 Å². The highest BCUT2D eigenvalue weighted by Gasteiger charge is 2.36. The van der Waals surface area contributed by atoms with E-state index in [4.69, 9.17) is 0 Å². The number of benzene rings is 6. The van der Waals surface area contributed by atoms with Crippen molar-refractivity contribution in [3.63, 3.8) is 0 Å². The standard InChI is InChI=1S/C39H26N2S/c1-39(2)30-13-5-3-10-24(30)25-19-18-23(22-31(25)39)40-32-14-6-7-15-33(32)41-36-27(12-9-16-34(36)40)28-20-21-29-26-11-4-8-17-35(26)42-38(29)37(28)41/h3-22H,1-2H3. The molecule has 0 spiro atoms. The maximum absolute atomic E-state index is 2.54. The van der Waals surface area contributed by atoms with Gasteiger partial charge in [0, 0.05) is 37.3 Å². The van der Waals surface area contributed by atoms with E-state index in [1.807, 2.05) is 11.3 Å². The predicted molar refractivity (Wildman–Crippen MR) is 179 cm³/mol. The van der Waals surface area contributed by atoms with Crippen molar-refractivity contribution in [1.29, 1.82) is 0 Å². The van der Waals surface area contributed by atoms with E-state index in [0.717, 1.165) is 0 Å². The molecule has 42 heavy (non-hydrogen) atoms. The van der Waals surface area contributed by atoms with Gasteiger partial charge in [-0.25, -0.2) is 0 Å². The first-order chi connectivity index (χ1) is 20.6. The minimum absolute atomic E-state index is 0.0507. The second kappa shape index (κ2) is 7.70. The fourth-order valence-electron chi connectivity index (χ4n) is 7.81. The van der Waals surface area contributed by atoms with Crippen LogP contribution in [0.1, 0.15) is 25.0 Å². The number of hydrogen-bond acceptors (Lipinski definition) is 2. The summed E-state index contributed by atoms with van der Waals surface area (Å²) in [6.07, 6.45) is 0. The first kappa shape index (κ1) is 22.8. The molecule has 0 radical (unpaired) electrons. The monoisotopic (exact) mass is 554 g/mol. The Morgan fingerprint density at radius 3 is 2.14 bits per heavy atom. The maximum atomic E-state index is 2.54. The van der Waals surface area contributed by atoms with E-state index in [9.17, 15) is 0 Å². The predicted octanol–water partition coefficient (Wildman–Crippen LogP) is 11.2. The summed E-state index contributed by atoms with van der Waals surface area (Å²) in [5, 5.41) is 5.29. The van der Waals surface area contributed by atoms with Crippen molar-refractivity contribution in [2.24, 2.45) is 0 Å². The lowest BCUT2D eigenvalue weighted by Gasteiger charge is -2.34. The van der Waals surface area contributed by atoms with Crippen LogP contribution in [0.5, 0.6) is 0 Å². The van der Waals surface area contributed by atoms with Crippen molar-refractivity contribution < 1.29 is 0 Å². The molecule has 0 unspecified atom stereocenters. The van der Waals surface area contributed by atoms with Crippen LogP contribution in [-0.2, 0) is 5.41 Å². The largest absolute Gasteiger partial charge is 0.306 e. The highest BCUT2D eigenvalue weighted by molar-refractivity contribution is 7.26. The minimum Gasteiger partial charge on any atom is -0.306 e. The van der Waals surface area contributed by atoms with Crippen LogP contribution in [0.2, 0.25) is 0 Å². The molecule has 0 fully saturated rings. The summed E-state index contributed by atoms with van der Waals surface area (Å²) in [5.74, 6) is 0. The van der Waals surface area contributed by atoms with Gasteiger partial charge in [-0.1, -0.05) is 98.8 Å². The molecule has 8 aromatic rings. The number of fused-ring (bicyclic) bond motifs is 12. The molecule has 0 N–H and O–H groups in total. The Kier molecular flexibility index (Phi) is 4.18. The summed E-state index contributed by atoms with van der Waals surface area (Å²) in [6.45, 7) is 4.72. The summed E-state index contributed by atoms with van der Waals surface area (Å²) in [7, 11) is 0. The molecule has 2 nitrogen and oxygen atoms in total. The van der Waals surface area contributed by atoms with Gasteiger partial charge in [0.05, 0.1) is 32.8 Å². The molecule has 10 rings (SSSR count). The van der Waals surface area contributed by atoms with Crippen molar-refractivity contribution in [2.45, 2.75) is 19.3 Å². The molecule has 0 saturated carbocycles. The molecule has 0 bridgehead atoms. The summed E-state index contributed by atoms with van der Waals surface area (Å²) < 4.78 is 5.23. The Balaban J connectivity index is 1.30. The SMILES string of the molecule is CC1(C)c2ccccc2-c2ccc(N3c4ccccc4-n4c5c3cccc5c3ccc5c6ccccc6sc5c34)cc21. The van der Waals surface area contributed by atoms with Gasteiger partial charge < -0.3 is 9.47 Å². The van der Waals surface area contributed by atoms with E-state index in [0.29, 0.717) is 0 Å². The molecular formula is C39H26N2S. The number of aromatic nitrogens is 1. The number of para-hydroxylation sites is 3. The maximum Gasteiger partial charge on any atom is 0.0783 e. The van der Waals surface area contributed by atoms with Crippen LogP contribution in [0.3, 0.4) is 0 Å². The van der Waals surface area contributed by atoms with Gasteiger partial charge in [-0.2, -0.15) is 0 Å². The Morgan fingerprint density at radius 2 is 1.21 bits per heavy atom. The summed E-state index contributed by atoms with van der Waals surface area (Å²) in [5.41, 5.74) is 12.9. The molecule has 3 heterocycles. The van der Waals surface area contributed by atoms with Gasteiger partial charge in [0.2, 0.25) is 0 Å². The topological polar surface area (TPSA) is 8.17 Å². The third-order valence-corrected chi connectivity index (χ3v) is 10.9. The fourth-order valence-corrected chi connectivity index (χ4v) is 9.05. The van der Waals surface area contributed by atoms with E-state index in [2.05, 4.69) is 145 Å². The Morgan fingerprint density at radius 1 is 0.524 bits per heavy atom. The zero-order valence-electron chi connectivity index (χ0n) is 23.3. The van der Waals surface area contributed by atoms with Crippen LogP contribution >= 0.6 is 11.3 Å². The first-order valence-electron chi connectivity index (χ1n) is 14.6. The van der Waals surface area contributed by atoms with Crippen LogP contribution < -0.4 is 4.90 Å². The summed E-state index contributed by atoms with van der Waals surface area (Å²) in [6, 6.07) is 45.2. The van der Waals surface area contributed by atoms with Crippen molar-refractivity contribution in [3.05, 3.63) is 132 Å². The molecule has 0 saturated heterocycles. The van der Waals surface area contributed by atoms with E-state index >= 15 is 0 Å². The molecule has 1 aliphatic heterocycles. The van der Waals surface area contributed by atoms with Crippen LogP contribution in [0, 0.1) is 0 Å². The molecule has 1 aliphatic carbocycles. The molecule has 0 amide bonds. The number of nitrogens with zero attached hydrogens (tertiary/aromatic N) is 2. The highest BCUT2D eigenvalue weighted by atomic mass is 32.1. The zero-order chi connectivity index (χ0) is 27.7. The van der Waals surface area contributed by atoms with Gasteiger partial charge in [-0.3, -0.25) is 0 Å². The second-order valence-electron chi connectivity index (χ2n) is 12.2. The van der Waals surface area contributed by atoms with E-state index in [1.54, 1.807) is 0 Å². The van der Waals surface area contributed by atoms with Gasteiger partial charge in [-0.15, -0.1) is 11.3 Å². The summed E-state index contributed by atoms with van der Waals surface area (Å²) in [4.78, 5) is 2.48. The average Bonchev–Trinajstić information content (AvgIpc) is 3.65. The lowest BCUT2D eigenvalue weighted by Crippen LogP contribution is -2.19. The lowest BCUT2D eigenvalue weighted by atomic mass is 9.82. The third kappa shape index (κ3) is 2.66. The zero-order valence-corrected chi connectivity index (χ0v) is 24.2. The number of thiophene rings is 1. The van der Waals surface area contributed by atoms with Crippen LogP contribution in [0.15, 0.2) is 121 Å². The molecule has 2 aromatic heterocycles. The lowest BCUT2D eigenvalue weighted by molar-refractivity contribution is 0.660. The normalized spacial score (nSPS) is 14.6. The quantitative estimate of drug-likeness (QED) is 0.196. The van der Waals surface area contributed by atoms with E-state index < -0.39 is 0 Å². The van der Waals surface area contributed by atoms with Crippen molar-refractivity contribution in [2.75, 3.05) is 4.90 Å². The Labute approximate surface area is 247 Å². The molecular weight excluding hydrogens is 529 g/mol. The number of hydrogen-bond donors (Lipinski definition) is 0. The first-order valence-corrected chi connectivity index (χ1v) is 15.4. The van der Waals surface area contributed by atoms with Gasteiger partial charge in [-0.05, 0) is 58.7 Å². The molecule has 3 heteroatoms. The fraction of sp³-hybridized carbons (Fsp3) is 0.0769. The Bertz CT molecular complexity index is 2460. The van der Waals surface area contributed by atoms with Gasteiger partial charge in [0.15, 0.2) is 0 Å².